The highest BCUT2D eigenvalue weighted by molar-refractivity contribution is 5.88. The molecule has 21 heavy (non-hydrogen) atoms. The predicted octanol–water partition coefficient (Wildman–Crippen LogP) is 2.75. The van der Waals surface area contributed by atoms with Crippen LogP contribution in [0.1, 0.15) is 16.9 Å². The van der Waals surface area contributed by atoms with Crippen molar-refractivity contribution in [3.05, 3.63) is 54.4 Å². The lowest BCUT2D eigenvalue weighted by molar-refractivity contribution is 0.0594. The second-order valence-electron chi connectivity index (χ2n) is 4.36. The molecule has 1 heterocycles. The highest BCUT2D eigenvalue weighted by Crippen LogP contribution is 2.10. The van der Waals surface area contributed by atoms with E-state index in [0.717, 1.165) is 24.4 Å². The average Bonchev–Trinajstić information content (AvgIpc) is 2.55. The van der Waals surface area contributed by atoms with E-state index in [-0.39, 0.29) is 0 Å². The monoisotopic (exact) mass is 286 g/mol. The lowest BCUT2D eigenvalue weighted by Crippen LogP contribution is -2.09. The van der Waals surface area contributed by atoms with Gasteiger partial charge in [-0.2, -0.15) is 0 Å². The fraction of sp³-hybridized carbons (Fsp3) is 0.250. The van der Waals surface area contributed by atoms with Crippen molar-refractivity contribution in [3.8, 4) is 5.75 Å². The van der Waals surface area contributed by atoms with Crippen molar-refractivity contribution in [2.75, 3.05) is 25.6 Å². The molecular weight excluding hydrogens is 268 g/mol. The van der Waals surface area contributed by atoms with Gasteiger partial charge in [0.1, 0.15) is 11.4 Å². The maximum absolute atomic E-state index is 11.4. The van der Waals surface area contributed by atoms with Crippen LogP contribution >= 0.6 is 0 Å². The number of anilines is 1. The van der Waals surface area contributed by atoms with Gasteiger partial charge in [-0.15, -0.1) is 0 Å². The molecule has 0 aliphatic carbocycles. The third-order valence-corrected chi connectivity index (χ3v) is 2.82. The van der Waals surface area contributed by atoms with Gasteiger partial charge >= 0.3 is 5.97 Å². The molecule has 110 valence electrons. The van der Waals surface area contributed by atoms with Gasteiger partial charge < -0.3 is 14.8 Å². The van der Waals surface area contributed by atoms with Gasteiger partial charge in [-0.25, -0.2) is 9.78 Å². The number of carbonyl (C=O) groups is 1. The third-order valence-electron chi connectivity index (χ3n) is 2.82. The van der Waals surface area contributed by atoms with E-state index in [1.165, 1.54) is 7.11 Å². The number of carbonyl (C=O) groups excluding carboxylic acids is 1. The molecule has 2 rings (SSSR count). The molecule has 0 atom stereocenters. The van der Waals surface area contributed by atoms with Gasteiger partial charge in [0.2, 0.25) is 0 Å². The summed E-state index contributed by atoms with van der Waals surface area (Å²) < 4.78 is 10.2. The first-order chi connectivity index (χ1) is 10.3. The molecule has 0 aliphatic rings. The van der Waals surface area contributed by atoms with Crippen molar-refractivity contribution in [1.82, 2.24) is 4.98 Å². The molecule has 0 radical (unpaired) electrons. The minimum absolute atomic E-state index is 0.294. The Morgan fingerprint density at radius 2 is 2.05 bits per heavy atom. The van der Waals surface area contributed by atoms with Gasteiger partial charge in [0.25, 0.3) is 0 Å². The van der Waals surface area contributed by atoms with Gasteiger partial charge in [0, 0.05) is 18.4 Å². The molecule has 0 unspecified atom stereocenters. The maximum Gasteiger partial charge on any atom is 0.356 e. The minimum atomic E-state index is -0.439. The van der Waals surface area contributed by atoms with Gasteiger partial charge in [0.15, 0.2) is 0 Å². The Balaban J connectivity index is 1.72. The van der Waals surface area contributed by atoms with Crippen molar-refractivity contribution in [1.29, 1.82) is 0 Å². The lowest BCUT2D eigenvalue weighted by Gasteiger charge is -2.08. The zero-order valence-electron chi connectivity index (χ0n) is 11.9. The molecule has 0 fully saturated rings. The normalized spacial score (nSPS) is 9.95. The van der Waals surface area contributed by atoms with Crippen LogP contribution in [0.3, 0.4) is 0 Å². The largest absolute Gasteiger partial charge is 0.494 e. The molecular formula is C16H18N2O3. The van der Waals surface area contributed by atoms with E-state index in [4.69, 9.17) is 4.74 Å². The van der Waals surface area contributed by atoms with E-state index in [1.54, 1.807) is 12.3 Å². The topological polar surface area (TPSA) is 60.5 Å². The summed E-state index contributed by atoms with van der Waals surface area (Å²) in [6.45, 7) is 1.38. The average molecular weight is 286 g/mol. The summed E-state index contributed by atoms with van der Waals surface area (Å²) in [5.74, 6) is 0.431. The van der Waals surface area contributed by atoms with Crippen LogP contribution in [0.2, 0.25) is 0 Å². The Morgan fingerprint density at radius 3 is 2.81 bits per heavy atom. The second kappa shape index (κ2) is 7.89. The maximum atomic E-state index is 11.4. The predicted molar refractivity (Wildman–Crippen MR) is 80.6 cm³/mol. The number of hydrogen-bond donors (Lipinski definition) is 1. The number of nitrogens with one attached hydrogen (secondary N) is 1. The van der Waals surface area contributed by atoms with Gasteiger partial charge in [0.05, 0.1) is 13.7 Å². The minimum Gasteiger partial charge on any atom is -0.494 e. The van der Waals surface area contributed by atoms with E-state index >= 15 is 0 Å². The quantitative estimate of drug-likeness (QED) is 0.626. The van der Waals surface area contributed by atoms with Crippen molar-refractivity contribution in [3.63, 3.8) is 0 Å². The number of aromatic nitrogens is 1. The molecule has 5 heteroatoms. The van der Waals surface area contributed by atoms with E-state index < -0.39 is 5.97 Å². The summed E-state index contributed by atoms with van der Waals surface area (Å²) in [5, 5.41) is 3.22. The van der Waals surface area contributed by atoms with E-state index in [2.05, 4.69) is 15.0 Å². The van der Waals surface area contributed by atoms with Gasteiger partial charge in [-0.1, -0.05) is 18.2 Å². The molecule has 1 aromatic carbocycles. The molecule has 0 saturated heterocycles. The van der Waals surface area contributed by atoms with Crippen molar-refractivity contribution < 1.29 is 14.3 Å². The first-order valence-electron chi connectivity index (χ1n) is 6.75. The zero-order valence-corrected chi connectivity index (χ0v) is 11.9. The standard InChI is InChI=1S/C16H18N2O3/c1-20-16(19)15-12-13(8-10-18-15)17-9-5-11-21-14-6-3-2-4-7-14/h2-4,6-8,10,12H,5,9,11H2,1H3,(H,17,18). The van der Waals surface area contributed by atoms with Crippen LogP contribution in [0.5, 0.6) is 5.75 Å². The van der Waals surface area contributed by atoms with Crippen LogP contribution in [0.4, 0.5) is 5.69 Å². The summed E-state index contributed by atoms with van der Waals surface area (Å²) in [6, 6.07) is 13.2. The summed E-state index contributed by atoms with van der Waals surface area (Å²) in [5.41, 5.74) is 1.13. The number of methoxy groups -OCH3 is 1. The van der Waals surface area contributed by atoms with E-state index in [1.807, 2.05) is 36.4 Å². The highest BCUT2D eigenvalue weighted by Gasteiger charge is 2.06. The number of nitrogens with zero attached hydrogens (tertiary/aromatic N) is 1. The Kier molecular flexibility index (Phi) is 5.58. The fourth-order valence-corrected chi connectivity index (χ4v) is 1.77. The number of benzene rings is 1. The molecule has 0 aliphatic heterocycles. The molecule has 1 aromatic heterocycles. The van der Waals surface area contributed by atoms with Crippen LogP contribution in [-0.2, 0) is 4.74 Å². The van der Waals surface area contributed by atoms with Crippen LogP contribution in [0.25, 0.3) is 0 Å². The van der Waals surface area contributed by atoms with Crippen molar-refractivity contribution >= 4 is 11.7 Å². The summed E-state index contributed by atoms with van der Waals surface area (Å²) in [7, 11) is 1.34. The SMILES string of the molecule is COC(=O)c1cc(NCCCOc2ccccc2)ccn1. The number of pyridine rings is 1. The summed E-state index contributed by atoms with van der Waals surface area (Å²) in [6.07, 6.45) is 2.43. The highest BCUT2D eigenvalue weighted by atomic mass is 16.5. The Hall–Kier alpha value is -2.56. The van der Waals surface area contributed by atoms with Gasteiger partial charge in [-0.3, -0.25) is 0 Å². The van der Waals surface area contributed by atoms with E-state index in [9.17, 15) is 4.79 Å². The first kappa shape index (κ1) is 14.8. The molecule has 2 aromatic rings. The second-order valence-corrected chi connectivity index (χ2v) is 4.36. The van der Waals surface area contributed by atoms with E-state index in [0.29, 0.717) is 12.3 Å². The number of hydrogen-bond acceptors (Lipinski definition) is 5. The summed E-state index contributed by atoms with van der Waals surface area (Å²) in [4.78, 5) is 15.3. The van der Waals surface area contributed by atoms with Crippen molar-refractivity contribution in [2.45, 2.75) is 6.42 Å². The number of para-hydroxylation sites is 1. The lowest BCUT2D eigenvalue weighted by atomic mass is 10.3. The number of esters is 1. The molecule has 0 amide bonds. The summed E-state index contributed by atoms with van der Waals surface area (Å²) >= 11 is 0. The Labute approximate surface area is 123 Å². The Bertz CT molecular complexity index is 573. The number of rotatable bonds is 7. The molecule has 5 nitrogen and oxygen atoms in total. The zero-order chi connectivity index (χ0) is 14.9. The molecule has 0 saturated carbocycles. The number of ether oxygens (including phenoxy) is 2. The van der Waals surface area contributed by atoms with Gasteiger partial charge in [-0.05, 0) is 30.7 Å². The van der Waals surface area contributed by atoms with Crippen LogP contribution < -0.4 is 10.1 Å². The Morgan fingerprint density at radius 1 is 1.24 bits per heavy atom. The fourth-order valence-electron chi connectivity index (χ4n) is 1.77. The van der Waals surface area contributed by atoms with Crippen LogP contribution in [-0.4, -0.2) is 31.2 Å². The van der Waals surface area contributed by atoms with Crippen LogP contribution in [0.15, 0.2) is 48.7 Å². The third kappa shape index (κ3) is 4.80. The molecule has 1 N–H and O–H groups in total. The van der Waals surface area contributed by atoms with Crippen LogP contribution in [0, 0.1) is 0 Å². The first-order valence-corrected chi connectivity index (χ1v) is 6.75. The smallest absolute Gasteiger partial charge is 0.356 e. The molecule has 0 bridgehead atoms. The molecule has 0 spiro atoms. The van der Waals surface area contributed by atoms with Crippen molar-refractivity contribution in [2.24, 2.45) is 0 Å².